The molecule has 0 aliphatic carbocycles. The SMILES string of the molecule is COC(=O)C(C)Oc1cccc(Cn2c(C)c(C)c3cc(C(=O)NC(C)c4ccc(C(C)(C)C)cc4)ccc32)c1. The van der Waals surface area contributed by atoms with Crippen molar-refractivity contribution in [2.75, 3.05) is 7.11 Å². The Morgan fingerprint density at radius 1 is 0.950 bits per heavy atom. The maximum absolute atomic E-state index is 13.2. The Hall–Kier alpha value is -4.06. The highest BCUT2D eigenvalue weighted by Crippen LogP contribution is 2.29. The normalized spacial score (nSPS) is 13.1. The Labute approximate surface area is 237 Å². The number of carbonyl (C=O) groups excluding carboxylic acids is 2. The summed E-state index contributed by atoms with van der Waals surface area (Å²) in [4.78, 5) is 25.0. The maximum Gasteiger partial charge on any atom is 0.346 e. The Morgan fingerprint density at radius 2 is 1.65 bits per heavy atom. The molecule has 1 aromatic heterocycles. The van der Waals surface area contributed by atoms with Gasteiger partial charge < -0.3 is 19.4 Å². The van der Waals surface area contributed by atoms with Crippen molar-refractivity contribution < 1.29 is 19.1 Å². The average molecular weight is 541 g/mol. The molecule has 6 heteroatoms. The van der Waals surface area contributed by atoms with E-state index in [9.17, 15) is 9.59 Å². The molecule has 0 aliphatic rings. The number of amides is 1. The Bertz CT molecular complexity index is 1530. The highest BCUT2D eigenvalue weighted by Gasteiger charge is 2.19. The van der Waals surface area contributed by atoms with Gasteiger partial charge in [0.15, 0.2) is 6.10 Å². The standard InChI is InChI=1S/C34H40N2O4/c1-21-23(3)36(20-25-10-9-11-29(18-25)40-24(4)33(38)39-8)31-17-14-27(19-30(21)31)32(37)35-22(2)26-12-15-28(16-13-26)34(5,6)7/h9-19,22,24H,20H2,1-8H3,(H,35,37). The third kappa shape index (κ3) is 6.22. The first kappa shape index (κ1) is 28.9. The molecule has 0 saturated heterocycles. The molecular weight excluding hydrogens is 500 g/mol. The van der Waals surface area contributed by atoms with E-state index in [0.29, 0.717) is 17.9 Å². The van der Waals surface area contributed by atoms with Gasteiger partial charge in [-0.2, -0.15) is 0 Å². The summed E-state index contributed by atoms with van der Waals surface area (Å²) >= 11 is 0. The van der Waals surface area contributed by atoms with Crippen LogP contribution in [0, 0.1) is 13.8 Å². The van der Waals surface area contributed by atoms with Crippen molar-refractivity contribution in [3.8, 4) is 5.75 Å². The van der Waals surface area contributed by atoms with E-state index in [2.05, 4.69) is 68.8 Å². The number of nitrogens with one attached hydrogen (secondary N) is 1. The Kier molecular flexibility index (Phi) is 8.38. The van der Waals surface area contributed by atoms with Gasteiger partial charge >= 0.3 is 5.97 Å². The Morgan fingerprint density at radius 3 is 2.30 bits per heavy atom. The zero-order valence-electron chi connectivity index (χ0n) is 24.8. The molecule has 210 valence electrons. The van der Waals surface area contributed by atoms with E-state index in [0.717, 1.165) is 33.3 Å². The van der Waals surface area contributed by atoms with Crippen LogP contribution in [0.2, 0.25) is 0 Å². The van der Waals surface area contributed by atoms with Crippen molar-refractivity contribution in [1.82, 2.24) is 9.88 Å². The minimum atomic E-state index is -0.688. The highest BCUT2D eigenvalue weighted by molar-refractivity contribution is 5.99. The zero-order valence-corrected chi connectivity index (χ0v) is 24.8. The van der Waals surface area contributed by atoms with Crippen molar-refractivity contribution in [3.05, 3.63) is 100 Å². The fourth-order valence-corrected chi connectivity index (χ4v) is 4.95. The van der Waals surface area contributed by atoms with Crippen molar-refractivity contribution in [2.45, 2.75) is 72.6 Å². The van der Waals surface area contributed by atoms with Crippen LogP contribution in [0.25, 0.3) is 10.9 Å². The second-order valence-electron chi connectivity index (χ2n) is 11.5. The molecule has 0 bridgehead atoms. The lowest BCUT2D eigenvalue weighted by atomic mass is 9.86. The van der Waals surface area contributed by atoms with Gasteiger partial charge in [0, 0.05) is 28.7 Å². The number of ether oxygens (including phenoxy) is 2. The summed E-state index contributed by atoms with van der Waals surface area (Å²) in [5, 5.41) is 4.21. The first-order valence-electron chi connectivity index (χ1n) is 13.7. The molecule has 6 nitrogen and oxygen atoms in total. The summed E-state index contributed by atoms with van der Waals surface area (Å²) < 4.78 is 12.8. The van der Waals surface area contributed by atoms with E-state index in [-0.39, 0.29) is 17.4 Å². The first-order chi connectivity index (χ1) is 18.9. The van der Waals surface area contributed by atoms with Crippen LogP contribution in [0.5, 0.6) is 5.75 Å². The first-order valence-corrected chi connectivity index (χ1v) is 13.7. The van der Waals surface area contributed by atoms with Crippen LogP contribution in [0.3, 0.4) is 0 Å². The summed E-state index contributed by atoms with van der Waals surface area (Å²) in [6, 6.07) is 22.0. The number of aryl methyl sites for hydroxylation is 1. The van der Waals surface area contributed by atoms with E-state index < -0.39 is 12.1 Å². The maximum atomic E-state index is 13.2. The number of fused-ring (bicyclic) bond motifs is 1. The third-order valence-corrected chi connectivity index (χ3v) is 7.61. The molecule has 0 radical (unpaired) electrons. The number of hydrogen-bond donors (Lipinski definition) is 1. The van der Waals surface area contributed by atoms with Gasteiger partial charge in [-0.25, -0.2) is 4.79 Å². The molecule has 1 amide bonds. The van der Waals surface area contributed by atoms with E-state index in [1.54, 1.807) is 6.92 Å². The summed E-state index contributed by atoms with van der Waals surface area (Å²) in [6.45, 7) is 15.1. The lowest BCUT2D eigenvalue weighted by molar-refractivity contribution is -0.147. The summed E-state index contributed by atoms with van der Waals surface area (Å²) in [6.07, 6.45) is -0.688. The smallest absolute Gasteiger partial charge is 0.346 e. The van der Waals surface area contributed by atoms with Gasteiger partial charge in [-0.3, -0.25) is 4.79 Å². The van der Waals surface area contributed by atoms with E-state index in [1.165, 1.54) is 12.7 Å². The fourth-order valence-electron chi connectivity index (χ4n) is 4.95. The molecule has 1 N–H and O–H groups in total. The van der Waals surface area contributed by atoms with Gasteiger partial charge in [-0.15, -0.1) is 0 Å². The molecule has 0 spiro atoms. The number of nitrogens with zero attached hydrogens (tertiary/aromatic N) is 1. The molecule has 2 unspecified atom stereocenters. The largest absolute Gasteiger partial charge is 0.479 e. The molecule has 0 aliphatic heterocycles. The van der Waals surface area contributed by atoms with Crippen LogP contribution >= 0.6 is 0 Å². The molecule has 4 aromatic rings. The predicted molar refractivity (Wildman–Crippen MR) is 160 cm³/mol. The minimum absolute atomic E-state index is 0.0898. The average Bonchev–Trinajstić information content (AvgIpc) is 3.16. The number of aromatic nitrogens is 1. The molecule has 0 fully saturated rings. The van der Waals surface area contributed by atoms with Crippen molar-refractivity contribution in [1.29, 1.82) is 0 Å². The zero-order chi connectivity index (χ0) is 29.2. The van der Waals surface area contributed by atoms with E-state index in [1.807, 2.05) is 49.4 Å². The van der Waals surface area contributed by atoms with Gasteiger partial charge in [0.05, 0.1) is 13.2 Å². The minimum Gasteiger partial charge on any atom is -0.479 e. The second-order valence-corrected chi connectivity index (χ2v) is 11.5. The van der Waals surface area contributed by atoms with Gasteiger partial charge in [-0.1, -0.05) is 57.2 Å². The van der Waals surface area contributed by atoms with Crippen LogP contribution in [-0.4, -0.2) is 29.7 Å². The van der Waals surface area contributed by atoms with Crippen molar-refractivity contribution in [3.63, 3.8) is 0 Å². The number of hydrogen-bond acceptors (Lipinski definition) is 4. The molecular formula is C34H40N2O4. The molecule has 1 heterocycles. The van der Waals surface area contributed by atoms with E-state index >= 15 is 0 Å². The van der Waals surface area contributed by atoms with Gasteiger partial charge in [-0.05, 0) is 85.7 Å². The third-order valence-electron chi connectivity index (χ3n) is 7.61. The molecule has 0 saturated carbocycles. The molecule has 4 rings (SSSR count). The molecule has 40 heavy (non-hydrogen) atoms. The van der Waals surface area contributed by atoms with Crippen LogP contribution in [0.1, 0.15) is 79.0 Å². The molecule has 3 aromatic carbocycles. The Balaban J connectivity index is 1.53. The predicted octanol–water partition coefficient (Wildman–Crippen LogP) is 7.04. The summed E-state index contributed by atoms with van der Waals surface area (Å²) in [7, 11) is 1.35. The van der Waals surface area contributed by atoms with E-state index in [4.69, 9.17) is 9.47 Å². The van der Waals surface area contributed by atoms with Gasteiger partial charge in [0.2, 0.25) is 0 Å². The van der Waals surface area contributed by atoms with Crippen LogP contribution in [0.4, 0.5) is 0 Å². The summed E-state index contributed by atoms with van der Waals surface area (Å²) in [5.74, 6) is 0.104. The van der Waals surface area contributed by atoms with Gasteiger partial charge in [0.25, 0.3) is 5.91 Å². The van der Waals surface area contributed by atoms with Crippen LogP contribution in [0.15, 0.2) is 66.7 Å². The number of carbonyl (C=O) groups is 2. The summed E-state index contributed by atoms with van der Waals surface area (Å²) in [5.41, 5.74) is 7.45. The van der Waals surface area contributed by atoms with Crippen LogP contribution < -0.4 is 10.1 Å². The van der Waals surface area contributed by atoms with Crippen molar-refractivity contribution >= 4 is 22.8 Å². The topological polar surface area (TPSA) is 69.6 Å². The fraction of sp³-hybridized carbons (Fsp3) is 0.353. The quantitative estimate of drug-likeness (QED) is 0.244. The van der Waals surface area contributed by atoms with Crippen molar-refractivity contribution in [2.24, 2.45) is 0 Å². The molecule has 2 atom stereocenters. The number of esters is 1. The highest BCUT2D eigenvalue weighted by atomic mass is 16.6. The number of methoxy groups -OCH3 is 1. The lowest BCUT2D eigenvalue weighted by Gasteiger charge is -2.21. The lowest BCUT2D eigenvalue weighted by Crippen LogP contribution is -2.26. The second kappa shape index (κ2) is 11.6. The van der Waals surface area contributed by atoms with Crippen LogP contribution in [-0.2, 0) is 21.5 Å². The number of benzene rings is 3. The van der Waals surface area contributed by atoms with Gasteiger partial charge in [0.1, 0.15) is 5.75 Å². The number of rotatable bonds is 8. The monoisotopic (exact) mass is 540 g/mol.